The van der Waals surface area contributed by atoms with E-state index in [-0.39, 0.29) is 0 Å². The zero-order valence-corrected chi connectivity index (χ0v) is 15.7. The van der Waals surface area contributed by atoms with Crippen LogP contribution in [0.3, 0.4) is 0 Å². The largest absolute Gasteiger partial charge is 0.393 e. The van der Waals surface area contributed by atoms with Crippen molar-refractivity contribution in [2.45, 2.75) is 38.8 Å². The van der Waals surface area contributed by atoms with Crippen LogP contribution in [0.5, 0.6) is 0 Å². The van der Waals surface area contributed by atoms with Gasteiger partial charge in [-0.25, -0.2) is 0 Å². The molecule has 0 rings (SSSR count). The monoisotopic (exact) mass is 368 g/mol. The first kappa shape index (κ1) is 19.3. The van der Waals surface area contributed by atoms with Crippen LogP contribution in [0.25, 0.3) is 0 Å². The fourth-order valence-corrected chi connectivity index (χ4v) is 5.18. The summed E-state index contributed by atoms with van der Waals surface area (Å²) < 4.78 is 10.8. The molecule has 0 spiro atoms. The van der Waals surface area contributed by atoms with E-state index in [4.69, 9.17) is 53.2 Å². The molecule has 0 aliphatic heterocycles. The molecule has 0 saturated heterocycles. The van der Waals surface area contributed by atoms with Crippen LogP contribution in [-0.2, 0) is 8.85 Å². The van der Waals surface area contributed by atoms with Crippen LogP contribution in [0.15, 0.2) is 12.2 Å². The van der Waals surface area contributed by atoms with Gasteiger partial charge in [-0.15, -0.1) is 44.3 Å². The van der Waals surface area contributed by atoms with Gasteiger partial charge in [0.1, 0.15) is 0 Å². The Hall–Kier alpha value is 1.25. The standard InChI is InChI=1S/C10H20Cl4O2Si2/c1-3-7-15-17(11,12)9-5-6-10-18(13,14)16-8-4-2/h5-6H,3-4,7-10H2,1-2H3. The highest BCUT2D eigenvalue weighted by Crippen LogP contribution is 2.25. The molecule has 0 aliphatic carbocycles. The zero-order valence-electron chi connectivity index (χ0n) is 10.7. The Morgan fingerprint density at radius 3 is 1.39 bits per heavy atom. The van der Waals surface area contributed by atoms with Gasteiger partial charge in [-0.05, 0) is 12.8 Å². The number of hydrogen-bond acceptors (Lipinski definition) is 2. The fourth-order valence-electron chi connectivity index (χ4n) is 1.06. The van der Waals surface area contributed by atoms with Gasteiger partial charge in [-0.2, -0.15) is 0 Å². The van der Waals surface area contributed by atoms with Crippen molar-refractivity contribution in [1.29, 1.82) is 0 Å². The van der Waals surface area contributed by atoms with Gasteiger partial charge in [0.25, 0.3) is 0 Å². The van der Waals surface area contributed by atoms with Crippen molar-refractivity contribution < 1.29 is 8.85 Å². The summed E-state index contributed by atoms with van der Waals surface area (Å²) in [5.41, 5.74) is 0. The molecule has 0 saturated carbocycles. The predicted octanol–water partition coefficient (Wildman–Crippen LogP) is 5.23. The van der Waals surface area contributed by atoms with E-state index in [1.807, 2.05) is 26.0 Å². The molecule has 0 aliphatic rings. The molecule has 0 heterocycles. The van der Waals surface area contributed by atoms with E-state index in [1.54, 1.807) is 0 Å². The third-order valence-corrected chi connectivity index (χ3v) is 7.75. The zero-order chi connectivity index (χ0) is 14.1. The van der Waals surface area contributed by atoms with Crippen molar-refractivity contribution in [2.24, 2.45) is 0 Å². The molecule has 0 unspecified atom stereocenters. The van der Waals surface area contributed by atoms with Crippen molar-refractivity contribution in [3.63, 3.8) is 0 Å². The molecule has 0 bridgehead atoms. The Bertz CT molecular complexity index is 226. The highest BCUT2D eigenvalue weighted by atomic mass is 35.7. The smallest absolute Gasteiger partial charge is 0.392 e. The first-order valence-corrected chi connectivity index (χ1v) is 14.3. The summed E-state index contributed by atoms with van der Waals surface area (Å²) in [7, 11) is 0. The molecule has 18 heavy (non-hydrogen) atoms. The van der Waals surface area contributed by atoms with Gasteiger partial charge < -0.3 is 8.85 Å². The van der Waals surface area contributed by atoms with Crippen molar-refractivity contribution in [2.75, 3.05) is 13.2 Å². The third-order valence-electron chi connectivity index (χ3n) is 1.91. The van der Waals surface area contributed by atoms with Gasteiger partial charge in [-0.1, -0.05) is 26.0 Å². The molecule has 2 nitrogen and oxygen atoms in total. The molecule has 0 aromatic heterocycles. The lowest BCUT2D eigenvalue weighted by molar-refractivity contribution is 0.325. The van der Waals surface area contributed by atoms with Crippen molar-refractivity contribution >= 4 is 58.2 Å². The number of halogens is 4. The average molecular weight is 370 g/mol. The topological polar surface area (TPSA) is 18.5 Å². The molecule has 0 amide bonds. The van der Waals surface area contributed by atoms with Crippen LogP contribution in [0.2, 0.25) is 12.1 Å². The summed E-state index contributed by atoms with van der Waals surface area (Å²) in [6.07, 6.45) is 5.57. The van der Waals surface area contributed by atoms with Crippen LogP contribution in [0, 0.1) is 0 Å². The number of hydrogen-bond donors (Lipinski definition) is 0. The molecule has 0 radical (unpaired) electrons. The summed E-state index contributed by atoms with van der Waals surface area (Å²) >= 11 is 24.4. The van der Waals surface area contributed by atoms with Gasteiger partial charge in [0.15, 0.2) is 0 Å². The van der Waals surface area contributed by atoms with E-state index in [2.05, 4.69) is 0 Å². The minimum absolute atomic E-state index is 0.530. The second kappa shape index (κ2) is 10.0. The van der Waals surface area contributed by atoms with E-state index in [1.165, 1.54) is 0 Å². The highest BCUT2D eigenvalue weighted by Gasteiger charge is 2.30. The summed E-state index contributed by atoms with van der Waals surface area (Å²) in [6.45, 7) is 0.0154. The molecule has 0 N–H and O–H groups in total. The Morgan fingerprint density at radius 1 is 0.778 bits per heavy atom. The normalized spacial score (nSPS) is 13.4. The van der Waals surface area contributed by atoms with Crippen LogP contribution >= 0.6 is 44.3 Å². The van der Waals surface area contributed by atoms with Crippen LogP contribution < -0.4 is 0 Å². The molecule has 0 aromatic carbocycles. The van der Waals surface area contributed by atoms with Crippen LogP contribution in [-0.4, -0.2) is 27.1 Å². The Labute approximate surface area is 131 Å². The van der Waals surface area contributed by atoms with Gasteiger partial charge in [0.05, 0.1) is 0 Å². The second-order valence-corrected chi connectivity index (χ2v) is 16.3. The maximum atomic E-state index is 6.09. The van der Waals surface area contributed by atoms with E-state index in [9.17, 15) is 0 Å². The maximum Gasteiger partial charge on any atom is 0.393 e. The Kier molecular flexibility index (Phi) is 10.7. The lowest BCUT2D eigenvalue weighted by Crippen LogP contribution is -2.25. The number of allylic oxidation sites excluding steroid dienone is 2. The number of rotatable bonds is 10. The molecule has 8 heteroatoms. The SMILES string of the molecule is CCCO[Si](Cl)(Cl)CC=CC[Si](Cl)(Cl)OCCC. The van der Waals surface area contributed by atoms with Crippen molar-refractivity contribution in [1.82, 2.24) is 0 Å². The van der Waals surface area contributed by atoms with E-state index in [0.29, 0.717) is 25.3 Å². The summed E-state index contributed by atoms with van der Waals surface area (Å²) in [5.74, 6) is 0. The summed E-state index contributed by atoms with van der Waals surface area (Å²) in [4.78, 5) is 0. The molecule has 108 valence electrons. The lowest BCUT2D eigenvalue weighted by atomic mass is 10.5. The van der Waals surface area contributed by atoms with Gasteiger partial charge >= 0.3 is 13.9 Å². The quantitative estimate of drug-likeness (QED) is 0.298. The van der Waals surface area contributed by atoms with Gasteiger partial charge in [0, 0.05) is 25.3 Å². The highest BCUT2D eigenvalue weighted by molar-refractivity contribution is 7.43. The van der Waals surface area contributed by atoms with Crippen LogP contribution in [0.1, 0.15) is 26.7 Å². The summed E-state index contributed by atoms with van der Waals surface area (Å²) in [5, 5.41) is 0. The predicted molar refractivity (Wildman–Crippen MR) is 86.2 cm³/mol. The van der Waals surface area contributed by atoms with Gasteiger partial charge in [0.2, 0.25) is 0 Å². The molecule has 0 aromatic rings. The Balaban J connectivity index is 3.94. The second-order valence-electron chi connectivity index (χ2n) is 3.85. The van der Waals surface area contributed by atoms with Crippen molar-refractivity contribution in [3.8, 4) is 0 Å². The lowest BCUT2D eigenvalue weighted by Gasteiger charge is -2.16. The fraction of sp³-hybridized carbons (Fsp3) is 0.800. The minimum atomic E-state index is -2.60. The first-order chi connectivity index (χ1) is 8.33. The van der Waals surface area contributed by atoms with Gasteiger partial charge in [-0.3, -0.25) is 0 Å². The average Bonchev–Trinajstić information content (AvgIpc) is 2.30. The third kappa shape index (κ3) is 11.1. The minimum Gasteiger partial charge on any atom is -0.392 e. The first-order valence-electron chi connectivity index (χ1n) is 6.01. The van der Waals surface area contributed by atoms with E-state index < -0.39 is 13.9 Å². The molecular formula is C10H20Cl4O2Si2. The van der Waals surface area contributed by atoms with Crippen LogP contribution in [0.4, 0.5) is 0 Å². The van der Waals surface area contributed by atoms with Crippen molar-refractivity contribution in [3.05, 3.63) is 12.2 Å². The van der Waals surface area contributed by atoms with E-state index in [0.717, 1.165) is 12.8 Å². The Morgan fingerprint density at radius 2 is 1.11 bits per heavy atom. The maximum absolute atomic E-state index is 6.09. The molecule has 0 fully saturated rings. The molecular weight excluding hydrogens is 350 g/mol. The van der Waals surface area contributed by atoms with E-state index >= 15 is 0 Å². The summed E-state index contributed by atoms with van der Waals surface area (Å²) in [6, 6.07) is 1.06. The molecule has 0 atom stereocenters.